The summed E-state index contributed by atoms with van der Waals surface area (Å²) >= 11 is 0. The minimum atomic E-state index is -0.946. The van der Waals surface area contributed by atoms with Crippen molar-refractivity contribution >= 4 is 40.0 Å². The van der Waals surface area contributed by atoms with Crippen LogP contribution in [0.15, 0.2) is 18.2 Å². The van der Waals surface area contributed by atoms with Gasteiger partial charge in [0, 0.05) is 32.2 Å². The van der Waals surface area contributed by atoms with Gasteiger partial charge in [-0.05, 0) is 78.1 Å². The molecule has 8 rings (SSSR count). The number of piperazine rings is 1. The summed E-state index contributed by atoms with van der Waals surface area (Å²) in [6.45, 7) is 11.2. The number of aromatic nitrogens is 3. The topological polar surface area (TPSA) is 122 Å². The summed E-state index contributed by atoms with van der Waals surface area (Å²) in [7, 11) is 1.60. The Morgan fingerprint density at radius 1 is 1.18 bits per heavy atom. The van der Waals surface area contributed by atoms with Crippen LogP contribution in [0.5, 0.6) is 11.9 Å². The number of fused-ring (bicyclic) bond motifs is 2. The van der Waals surface area contributed by atoms with Crippen LogP contribution in [0.1, 0.15) is 66.7 Å². The second kappa shape index (κ2) is 11.6. The van der Waals surface area contributed by atoms with E-state index in [1.807, 2.05) is 39.5 Å². The average molecular weight is 711 g/mol. The first-order valence-corrected chi connectivity index (χ1v) is 17.8. The number of carbonyl (C=O) groups excluding carboxylic acids is 1. The van der Waals surface area contributed by atoms with Crippen molar-refractivity contribution in [1.29, 1.82) is 0 Å². The smallest absolute Gasteiger partial charge is 0.410 e. The monoisotopic (exact) mass is 710 g/mol. The second-order valence-corrected chi connectivity index (χ2v) is 15.8. The zero-order chi connectivity index (χ0) is 36.2. The number of benzene rings is 1. The number of nitrogen functional groups attached to an aromatic ring is 1. The second-order valence-electron chi connectivity index (χ2n) is 15.8. The zero-order valence-corrected chi connectivity index (χ0v) is 29.9. The number of hydrogen-bond acceptors (Lipinski definition) is 11. The van der Waals surface area contributed by atoms with Crippen LogP contribution in [-0.4, -0.2) is 105 Å². The highest BCUT2D eigenvalue weighted by atomic mass is 19.1. The van der Waals surface area contributed by atoms with Crippen LogP contribution in [0.2, 0.25) is 0 Å². The number of pyridine rings is 1. The lowest BCUT2D eigenvalue weighted by molar-refractivity contribution is 0.00382. The normalized spacial score (nSPS) is 29.6. The van der Waals surface area contributed by atoms with Crippen molar-refractivity contribution in [2.45, 2.75) is 108 Å². The van der Waals surface area contributed by atoms with Crippen LogP contribution < -0.4 is 25.0 Å². The fourth-order valence-electron chi connectivity index (χ4n) is 8.90. The highest BCUT2D eigenvalue weighted by Gasteiger charge is 2.71. The van der Waals surface area contributed by atoms with Gasteiger partial charge >= 0.3 is 12.1 Å². The lowest BCUT2D eigenvalue weighted by atomic mass is 9.95. The lowest BCUT2D eigenvalue weighted by Crippen LogP contribution is -2.64. The van der Waals surface area contributed by atoms with E-state index in [0.29, 0.717) is 43.9 Å². The van der Waals surface area contributed by atoms with Gasteiger partial charge in [-0.25, -0.2) is 18.0 Å². The number of ether oxygens (including phenoxy) is 3. The molecule has 12 nitrogen and oxygen atoms in total. The van der Waals surface area contributed by atoms with E-state index in [1.165, 1.54) is 23.1 Å². The van der Waals surface area contributed by atoms with Gasteiger partial charge in [0.25, 0.3) is 0 Å². The maximum absolute atomic E-state index is 17.0. The van der Waals surface area contributed by atoms with Gasteiger partial charge in [0.05, 0.1) is 23.3 Å². The summed E-state index contributed by atoms with van der Waals surface area (Å²) in [5.41, 5.74) is 4.23. The van der Waals surface area contributed by atoms with Gasteiger partial charge in [0.2, 0.25) is 5.88 Å². The van der Waals surface area contributed by atoms with E-state index in [2.05, 4.69) is 14.8 Å². The van der Waals surface area contributed by atoms with Crippen LogP contribution >= 0.6 is 0 Å². The fraction of sp³-hybridized carbons (Fsp3) is 0.611. The molecule has 15 heteroatoms. The Labute approximate surface area is 295 Å². The van der Waals surface area contributed by atoms with E-state index in [0.717, 1.165) is 19.4 Å². The molecular formula is C36H45F3N8O4. The molecule has 1 aromatic carbocycles. The van der Waals surface area contributed by atoms with Crippen LogP contribution in [-0.2, 0) is 4.74 Å². The number of nitrogens with zero attached hydrogens (tertiary/aromatic N) is 7. The van der Waals surface area contributed by atoms with E-state index in [1.54, 1.807) is 7.05 Å². The van der Waals surface area contributed by atoms with Crippen molar-refractivity contribution < 1.29 is 32.2 Å². The molecule has 6 atom stereocenters. The van der Waals surface area contributed by atoms with Crippen molar-refractivity contribution in [2.75, 3.05) is 48.8 Å². The predicted octanol–water partition coefficient (Wildman–Crippen LogP) is 5.74. The molecule has 4 fully saturated rings. The van der Waals surface area contributed by atoms with Crippen molar-refractivity contribution in [3.63, 3.8) is 0 Å². The molecule has 4 aliphatic heterocycles. The van der Waals surface area contributed by atoms with E-state index in [-0.39, 0.29) is 53.0 Å². The number of anilines is 4. The first kappa shape index (κ1) is 33.9. The molecule has 1 unspecified atom stereocenters. The molecule has 3 saturated heterocycles. The summed E-state index contributed by atoms with van der Waals surface area (Å²) in [5, 5.41) is 0.288. The minimum Gasteiger partial charge on any atom is -0.471 e. The molecule has 1 spiro atoms. The number of halogens is 3. The van der Waals surface area contributed by atoms with Gasteiger partial charge < -0.3 is 29.7 Å². The number of amides is 1. The molecule has 1 saturated carbocycles. The number of rotatable bonds is 6. The maximum atomic E-state index is 17.0. The summed E-state index contributed by atoms with van der Waals surface area (Å²) in [4.78, 5) is 35.5. The third kappa shape index (κ3) is 5.28. The highest BCUT2D eigenvalue weighted by Crippen LogP contribution is 2.58. The lowest BCUT2D eigenvalue weighted by Gasteiger charge is -2.47. The van der Waals surface area contributed by atoms with Gasteiger partial charge in [-0.1, -0.05) is 6.92 Å². The first-order valence-electron chi connectivity index (χ1n) is 17.8. The Bertz CT molecular complexity index is 1910. The quantitative estimate of drug-likeness (QED) is 0.316. The van der Waals surface area contributed by atoms with Gasteiger partial charge in [-0.3, -0.25) is 9.80 Å². The Balaban J connectivity index is 1.26. The Morgan fingerprint density at radius 2 is 1.96 bits per heavy atom. The van der Waals surface area contributed by atoms with Crippen molar-refractivity contribution in [3.05, 3.63) is 29.8 Å². The van der Waals surface area contributed by atoms with Crippen molar-refractivity contribution in [1.82, 2.24) is 24.8 Å². The molecule has 6 heterocycles. The molecule has 1 aliphatic carbocycles. The SMILES string of the molecule is CC[C@@H]1CN2c3nc(OCC45CCCN4C[C@H](F)C5)nc4c(F)c(N(C)c5ccc(F)c(N)c5)nc(c34)O[C@@H](C)[C@]23C[C@@H]3N1C(=O)OC(C)(C)C. The Kier molecular flexibility index (Phi) is 7.71. The number of hydrogen-bond donors (Lipinski definition) is 1. The largest absolute Gasteiger partial charge is 0.471 e. The predicted molar refractivity (Wildman–Crippen MR) is 185 cm³/mol. The van der Waals surface area contributed by atoms with Crippen LogP contribution in [0.4, 0.5) is 41.0 Å². The van der Waals surface area contributed by atoms with Crippen LogP contribution in [0, 0.1) is 11.6 Å². The standard InChI is InChI=1S/C36H45F3N8O4/c1-7-21-17-46-29-26-28(41-32(43-29)49-18-35-11-8-12-45(35)16-20(37)14-35)27(39)30(44(6)22-9-10-23(38)24(40)13-22)42-31(26)50-19(2)36(46)15-25(36)47(21)33(48)51-34(3,4)5/h9-10,13,19-21,25H,7-8,11-12,14-18,40H2,1-6H3/t19-,20+,21+,25-,35?,36-/m0/s1. The molecule has 51 heavy (non-hydrogen) atoms. The molecule has 0 radical (unpaired) electrons. The van der Waals surface area contributed by atoms with Gasteiger partial charge in [-0.2, -0.15) is 15.0 Å². The van der Waals surface area contributed by atoms with Crippen molar-refractivity contribution in [3.8, 4) is 11.9 Å². The molecule has 3 aromatic rings. The van der Waals surface area contributed by atoms with E-state index >= 15 is 4.39 Å². The van der Waals surface area contributed by atoms with Gasteiger partial charge in [0.1, 0.15) is 52.6 Å². The molecule has 2 N–H and O–H groups in total. The number of alkyl halides is 1. The Hall–Kier alpha value is -4.27. The average Bonchev–Trinajstić information content (AvgIpc) is 3.63. The Morgan fingerprint density at radius 3 is 2.69 bits per heavy atom. The van der Waals surface area contributed by atoms with Gasteiger partial charge in [0.15, 0.2) is 11.6 Å². The zero-order valence-electron chi connectivity index (χ0n) is 29.9. The van der Waals surface area contributed by atoms with E-state index in [9.17, 15) is 13.6 Å². The molecule has 1 amide bonds. The molecule has 5 aliphatic rings. The third-order valence-electron chi connectivity index (χ3n) is 11.5. The summed E-state index contributed by atoms with van der Waals surface area (Å²) in [6.07, 6.45) is 1.43. The number of nitrogens with two attached hydrogens (primary N) is 1. The minimum absolute atomic E-state index is 0.0405. The highest BCUT2D eigenvalue weighted by molar-refractivity contribution is 5.98. The van der Waals surface area contributed by atoms with Crippen LogP contribution in [0.25, 0.3) is 10.9 Å². The third-order valence-corrected chi connectivity index (χ3v) is 11.5. The van der Waals surface area contributed by atoms with Gasteiger partial charge in [-0.15, -0.1) is 0 Å². The summed E-state index contributed by atoms with van der Waals surface area (Å²) in [6, 6.07) is 3.54. The van der Waals surface area contributed by atoms with Crippen molar-refractivity contribution in [2.24, 2.45) is 0 Å². The molecule has 0 bridgehead atoms. The fourth-order valence-corrected chi connectivity index (χ4v) is 8.90. The van der Waals surface area contributed by atoms with Crippen LogP contribution in [0.3, 0.4) is 0 Å². The first-order chi connectivity index (χ1) is 24.2. The van der Waals surface area contributed by atoms with E-state index < -0.39 is 46.7 Å². The molecule has 2 aromatic heterocycles. The summed E-state index contributed by atoms with van der Waals surface area (Å²) < 4.78 is 64.6. The maximum Gasteiger partial charge on any atom is 0.410 e. The summed E-state index contributed by atoms with van der Waals surface area (Å²) in [5.74, 6) is -0.933. The number of carbonyl (C=O) groups is 1. The molecular weight excluding hydrogens is 665 g/mol. The van der Waals surface area contributed by atoms with E-state index in [4.69, 9.17) is 29.9 Å². The molecule has 274 valence electrons.